The van der Waals surface area contributed by atoms with Gasteiger partial charge in [-0.1, -0.05) is 18.2 Å². The molecular formula is C22H24N4O2. The van der Waals surface area contributed by atoms with Crippen molar-refractivity contribution in [3.8, 4) is 0 Å². The maximum absolute atomic E-state index is 12.7. The number of H-pyrrole nitrogens is 1. The summed E-state index contributed by atoms with van der Waals surface area (Å²) in [5, 5.41) is 8.82. The van der Waals surface area contributed by atoms with E-state index in [0.717, 1.165) is 67.4 Å². The number of nitrogens with zero attached hydrogens (tertiary/aromatic N) is 2. The number of carbonyl (C=O) groups excluding carboxylic acids is 1. The van der Waals surface area contributed by atoms with E-state index >= 15 is 0 Å². The fraction of sp³-hybridized carbons (Fsp3) is 0.409. The number of nitrogens with one attached hydrogen (secondary N) is 2. The third-order valence-corrected chi connectivity index (χ3v) is 6.02. The first kappa shape index (κ1) is 17.2. The van der Waals surface area contributed by atoms with Gasteiger partial charge < -0.3 is 10.3 Å². The molecule has 1 amide bonds. The van der Waals surface area contributed by atoms with E-state index < -0.39 is 0 Å². The van der Waals surface area contributed by atoms with Gasteiger partial charge in [0, 0.05) is 22.7 Å². The van der Waals surface area contributed by atoms with Crippen LogP contribution in [-0.4, -0.2) is 20.7 Å². The van der Waals surface area contributed by atoms with Gasteiger partial charge in [-0.15, -0.1) is 0 Å². The topological polar surface area (TPSA) is 79.8 Å². The van der Waals surface area contributed by atoms with Crippen molar-refractivity contribution in [2.45, 2.75) is 57.5 Å². The van der Waals surface area contributed by atoms with Gasteiger partial charge in [0.05, 0.1) is 11.7 Å². The second-order valence-electron chi connectivity index (χ2n) is 7.89. The van der Waals surface area contributed by atoms with Crippen molar-refractivity contribution >= 4 is 16.8 Å². The SMILES string of the molecule is O=C(Cn1nc2c(cc1=O)CCCC2)N[C@H]1CCCc2c1[nH]c1ccccc21. The van der Waals surface area contributed by atoms with Gasteiger partial charge in [-0.25, -0.2) is 4.68 Å². The first-order chi connectivity index (χ1) is 13.7. The highest BCUT2D eigenvalue weighted by molar-refractivity contribution is 5.85. The average Bonchev–Trinajstić information content (AvgIpc) is 3.08. The second-order valence-corrected chi connectivity index (χ2v) is 7.89. The van der Waals surface area contributed by atoms with Crippen LogP contribution in [0.1, 0.15) is 54.2 Å². The molecule has 0 bridgehead atoms. The van der Waals surface area contributed by atoms with Crippen molar-refractivity contribution < 1.29 is 4.79 Å². The Morgan fingerprint density at radius 3 is 2.96 bits per heavy atom. The van der Waals surface area contributed by atoms with E-state index in [9.17, 15) is 9.59 Å². The van der Waals surface area contributed by atoms with Crippen LogP contribution < -0.4 is 10.9 Å². The Morgan fingerprint density at radius 2 is 2.04 bits per heavy atom. The standard InChI is InChI=1S/C22H24N4O2/c27-20(13-26-21(28)12-14-6-1-3-9-17(14)25-26)23-19-11-5-8-16-15-7-2-4-10-18(15)24-22(16)19/h2,4,7,10,12,19,24H,1,3,5-6,8-9,11,13H2,(H,23,27)/t19-/m0/s1. The summed E-state index contributed by atoms with van der Waals surface area (Å²) >= 11 is 0. The highest BCUT2D eigenvalue weighted by Gasteiger charge is 2.25. The molecule has 144 valence electrons. The van der Waals surface area contributed by atoms with Gasteiger partial charge in [-0.05, 0) is 62.1 Å². The minimum absolute atomic E-state index is 0.0296. The van der Waals surface area contributed by atoms with Crippen LogP contribution in [0.25, 0.3) is 10.9 Å². The summed E-state index contributed by atoms with van der Waals surface area (Å²) in [6.45, 7) is -0.0296. The fourth-order valence-corrected chi connectivity index (χ4v) is 4.65. The molecule has 2 aliphatic carbocycles. The number of rotatable bonds is 3. The number of aryl methyl sites for hydroxylation is 3. The maximum Gasteiger partial charge on any atom is 0.267 e. The zero-order valence-corrected chi connectivity index (χ0v) is 15.8. The molecule has 0 aliphatic heterocycles. The first-order valence-corrected chi connectivity index (χ1v) is 10.2. The number of aromatic amines is 1. The quantitative estimate of drug-likeness (QED) is 0.738. The molecule has 0 spiro atoms. The molecule has 0 saturated heterocycles. The number of fused-ring (bicyclic) bond motifs is 4. The van der Waals surface area contributed by atoms with Crippen molar-refractivity contribution in [2.24, 2.45) is 0 Å². The Kier molecular flexibility index (Phi) is 4.26. The molecule has 1 atom stereocenters. The maximum atomic E-state index is 12.7. The summed E-state index contributed by atoms with van der Waals surface area (Å²) in [4.78, 5) is 28.5. The largest absolute Gasteiger partial charge is 0.356 e. The third-order valence-electron chi connectivity index (χ3n) is 6.02. The van der Waals surface area contributed by atoms with E-state index in [1.54, 1.807) is 6.07 Å². The molecule has 2 N–H and O–H groups in total. The van der Waals surface area contributed by atoms with E-state index in [2.05, 4.69) is 27.5 Å². The number of amides is 1. The summed E-state index contributed by atoms with van der Waals surface area (Å²) in [7, 11) is 0. The summed E-state index contributed by atoms with van der Waals surface area (Å²) < 4.78 is 1.31. The lowest BCUT2D eigenvalue weighted by Gasteiger charge is -2.24. The van der Waals surface area contributed by atoms with Crippen LogP contribution in [0.2, 0.25) is 0 Å². The molecule has 0 saturated carbocycles. The molecule has 5 rings (SSSR count). The van der Waals surface area contributed by atoms with Crippen LogP contribution in [-0.2, 0) is 30.6 Å². The van der Waals surface area contributed by atoms with E-state index in [4.69, 9.17) is 0 Å². The second kappa shape index (κ2) is 6.93. The lowest BCUT2D eigenvalue weighted by molar-refractivity contribution is -0.122. The molecule has 6 heteroatoms. The van der Waals surface area contributed by atoms with Crippen LogP contribution in [0.15, 0.2) is 35.1 Å². The summed E-state index contributed by atoms with van der Waals surface area (Å²) in [6, 6.07) is 9.88. The molecule has 3 aromatic rings. The Morgan fingerprint density at radius 1 is 1.18 bits per heavy atom. The lowest BCUT2D eigenvalue weighted by Crippen LogP contribution is -2.37. The van der Waals surface area contributed by atoms with Crippen LogP contribution in [0.3, 0.4) is 0 Å². The molecule has 1 aromatic carbocycles. The van der Waals surface area contributed by atoms with Gasteiger partial charge in [0.1, 0.15) is 6.54 Å². The van der Waals surface area contributed by atoms with Crippen LogP contribution in [0.4, 0.5) is 0 Å². The number of carbonyl (C=O) groups is 1. The molecule has 0 radical (unpaired) electrons. The minimum Gasteiger partial charge on any atom is -0.356 e. The molecule has 2 heterocycles. The van der Waals surface area contributed by atoms with Crippen LogP contribution in [0, 0.1) is 0 Å². The predicted octanol–water partition coefficient (Wildman–Crippen LogP) is 2.80. The van der Waals surface area contributed by atoms with E-state index in [0.29, 0.717) is 0 Å². The van der Waals surface area contributed by atoms with Crippen molar-refractivity contribution in [3.63, 3.8) is 0 Å². The average molecular weight is 376 g/mol. The van der Waals surface area contributed by atoms with Gasteiger partial charge in [-0.2, -0.15) is 5.10 Å². The van der Waals surface area contributed by atoms with E-state index in [1.165, 1.54) is 15.6 Å². The van der Waals surface area contributed by atoms with Crippen molar-refractivity contribution in [3.05, 3.63) is 63.2 Å². The third kappa shape index (κ3) is 3.03. The summed E-state index contributed by atoms with van der Waals surface area (Å²) in [5.41, 5.74) is 5.34. The number of para-hydroxylation sites is 1. The predicted molar refractivity (Wildman–Crippen MR) is 107 cm³/mol. The van der Waals surface area contributed by atoms with Gasteiger partial charge in [0.2, 0.25) is 5.91 Å². The van der Waals surface area contributed by atoms with Crippen LogP contribution in [0.5, 0.6) is 0 Å². The molecule has 2 aromatic heterocycles. The number of aromatic nitrogens is 3. The summed E-state index contributed by atoms with van der Waals surface area (Å²) in [5.74, 6) is -0.165. The summed E-state index contributed by atoms with van der Waals surface area (Å²) in [6.07, 6.45) is 6.96. The normalized spacial score (nSPS) is 18.5. The molecule has 0 fully saturated rings. The monoisotopic (exact) mass is 376 g/mol. The number of benzene rings is 1. The zero-order chi connectivity index (χ0) is 19.1. The number of hydrogen-bond donors (Lipinski definition) is 2. The first-order valence-electron chi connectivity index (χ1n) is 10.2. The fourth-order valence-electron chi connectivity index (χ4n) is 4.65. The molecule has 6 nitrogen and oxygen atoms in total. The van der Waals surface area contributed by atoms with Gasteiger partial charge >= 0.3 is 0 Å². The molecule has 0 unspecified atom stereocenters. The number of hydrogen-bond acceptors (Lipinski definition) is 3. The molecular weight excluding hydrogens is 352 g/mol. The Bertz CT molecular complexity index is 1110. The van der Waals surface area contributed by atoms with Gasteiger partial charge in [0.15, 0.2) is 0 Å². The lowest BCUT2D eigenvalue weighted by atomic mass is 9.91. The van der Waals surface area contributed by atoms with Crippen LogP contribution >= 0.6 is 0 Å². The highest BCUT2D eigenvalue weighted by atomic mass is 16.2. The van der Waals surface area contributed by atoms with E-state index in [1.807, 2.05) is 12.1 Å². The Balaban J connectivity index is 1.37. The minimum atomic E-state index is -0.189. The molecule has 28 heavy (non-hydrogen) atoms. The van der Waals surface area contributed by atoms with E-state index in [-0.39, 0.29) is 24.1 Å². The molecule has 2 aliphatic rings. The van der Waals surface area contributed by atoms with Gasteiger partial charge in [0.25, 0.3) is 5.56 Å². The zero-order valence-electron chi connectivity index (χ0n) is 15.8. The van der Waals surface area contributed by atoms with Crippen molar-refractivity contribution in [2.75, 3.05) is 0 Å². The smallest absolute Gasteiger partial charge is 0.267 e. The Labute approximate surface area is 163 Å². The van der Waals surface area contributed by atoms with Crippen molar-refractivity contribution in [1.82, 2.24) is 20.1 Å². The Hall–Kier alpha value is -2.89. The van der Waals surface area contributed by atoms with Crippen molar-refractivity contribution in [1.29, 1.82) is 0 Å². The van der Waals surface area contributed by atoms with Gasteiger partial charge in [-0.3, -0.25) is 9.59 Å². The highest BCUT2D eigenvalue weighted by Crippen LogP contribution is 2.34.